The van der Waals surface area contributed by atoms with Crippen molar-refractivity contribution < 1.29 is 4.43 Å². The van der Waals surface area contributed by atoms with Crippen LogP contribution in [0.25, 0.3) is 0 Å². The van der Waals surface area contributed by atoms with Gasteiger partial charge in [-0.25, -0.2) is 4.98 Å². The second-order valence-electron chi connectivity index (χ2n) is 7.25. The van der Waals surface area contributed by atoms with Gasteiger partial charge in [-0.1, -0.05) is 32.9 Å². The van der Waals surface area contributed by atoms with Gasteiger partial charge in [0.05, 0.1) is 4.88 Å². The Morgan fingerprint density at radius 2 is 1.77 bits per heavy atom. The molecule has 0 spiro atoms. The number of nitrogens with two attached hydrogens (primary N) is 1. The van der Waals surface area contributed by atoms with Gasteiger partial charge in [-0.15, -0.1) is 11.3 Å². The molecule has 1 heterocycles. The van der Waals surface area contributed by atoms with Gasteiger partial charge in [-0.05, 0) is 42.8 Å². The summed E-state index contributed by atoms with van der Waals surface area (Å²) < 4.78 is 6.35. The maximum atomic E-state index is 6.35. The Morgan fingerprint density at radius 3 is 2.32 bits per heavy atom. The molecule has 1 aromatic carbocycles. The lowest BCUT2D eigenvalue weighted by molar-refractivity contribution is 0.475. The van der Waals surface area contributed by atoms with Crippen LogP contribution < -0.4 is 10.2 Å². The smallest absolute Gasteiger partial charge is 0.252 e. The van der Waals surface area contributed by atoms with Gasteiger partial charge < -0.3 is 10.2 Å². The lowest BCUT2D eigenvalue weighted by Gasteiger charge is -2.35. The molecule has 0 bridgehead atoms. The minimum atomic E-state index is -1.84. The molecule has 22 heavy (non-hydrogen) atoms. The number of aromatic nitrogens is 1. The van der Waals surface area contributed by atoms with Crippen LogP contribution in [0.5, 0.6) is 5.88 Å². The van der Waals surface area contributed by atoms with Gasteiger partial charge in [-0.2, -0.15) is 0 Å². The topological polar surface area (TPSA) is 48.1 Å². The molecule has 0 fully saturated rings. The number of nitrogens with zero attached hydrogens (tertiary/aromatic N) is 1. The molecule has 2 rings (SSSR count). The summed E-state index contributed by atoms with van der Waals surface area (Å²) in [4.78, 5) is 5.89. The Bertz CT molecular complexity index is 642. The number of anilines is 1. The highest BCUT2D eigenvalue weighted by Gasteiger charge is 2.39. The second kappa shape index (κ2) is 6.05. The minimum Gasteiger partial charge on any atom is -0.530 e. The summed E-state index contributed by atoms with van der Waals surface area (Å²) in [6.45, 7) is 13.3. The molecule has 2 N–H and O–H groups in total. The molecule has 0 amide bonds. The average Bonchev–Trinajstić information content (AvgIpc) is 2.70. The van der Waals surface area contributed by atoms with Gasteiger partial charge in [0.1, 0.15) is 5.01 Å². The number of nitrogen functional groups attached to an aromatic ring is 1. The molecule has 120 valence electrons. The van der Waals surface area contributed by atoms with E-state index in [1.165, 1.54) is 5.56 Å². The van der Waals surface area contributed by atoms with Crippen LogP contribution in [0.15, 0.2) is 24.3 Å². The predicted molar refractivity (Wildman–Crippen MR) is 98.3 cm³/mol. The molecule has 5 heteroatoms. The first-order valence-corrected chi connectivity index (χ1v) is 11.3. The van der Waals surface area contributed by atoms with Crippen LogP contribution in [0, 0.1) is 6.92 Å². The van der Waals surface area contributed by atoms with Crippen molar-refractivity contribution in [3.63, 3.8) is 0 Å². The van der Waals surface area contributed by atoms with Crippen molar-refractivity contribution in [3.8, 4) is 5.88 Å². The monoisotopic (exact) mass is 334 g/mol. The summed E-state index contributed by atoms with van der Waals surface area (Å²) >= 11 is 1.72. The maximum absolute atomic E-state index is 6.35. The van der Waals surface area contributed by atoms with Crippen molar-refractivity contribution in [1.29, 1.82) is 0 Å². The lowest BCUT2D eigenvalue weighted by atomic mass is 10.1. The Balaban J connectivity index is 2.16. The van der Waals surface area contributed by atoms with E-state index in [4.69, 9.17) is 15.1 Å². The molecule has 0 saturated carbocycles. The van der Waals surface area contributed by atoms with Crippen LogP contribution >= 0.6 is 11.3 Å². The zero-order valence-electron chi connectivity index (χ0n) is 14.4. The maximum Gasteiger partial charge on any atom is 0.252 e. The van der Waals surface area contributed by atoms with E-state index in [9.17, 15) is 0 Å². The number of benzene rings is 1. The summed E-state index contributed by atoms with van der Waals surface area (Å²) in [5.74, 6) is 0.821. The molecule has 0 aliphatic heterocycles. The quantitative estimate of drug-likeness (QED) is 0.631. The molecule has 0 saturated heterocycles. The van der Waals surface area contributed by atoms with Crippen LogP contribution in [0.1, 0.15) is 36.2 Å². The molecule has 1 aromatic heterocycles. The van der Waals surface area contributed by atoms with E-state index in [-0.39, 0.29) is 5.04 Å². The molecule has 0 aliphatic carbocycles. The number of rotatable bonds is 4. The molecule has 2 aromatic rings. The van der Waals surface area contributed by atoms with Crippen molar-refractivity contribution in [2.45, 2.75) is 52.2 Å². The Hall–Kier alpha value is -1.33. The number of hydrogen-bond donors (Lipinski definition) is 1. The third kappa shape index (κ3) is 3.90. The van der Waals surface area contributed by atoms with E-state index in [0.717, 1.165) is 27.9 Å². The molecule has 3 nitrogen and oxygen atoms in total. The van der Waals surface area contributed by atoms with E-state index in [1.54, 1.807) is 11.3 Å². The van der Waals surface area contributed by atoms with Gasteiger partial charge in [0.25, 0.3) is 8.32 Å². The van der Waals surface area contributed by atoms with Crippen LogP contribution in [0.3, 0.4) is 0 Å². The molecule has 0 atom stereocenters. The summed E-state index contributed by atoms with van der Waals surface area (Å²) in [6, 6.07) is 7.98. The van der Waals surface area contributed by atoms with Crippen LogP contribution in [-0.4, -0.2) is 13.3 Å². The van der Waals surface area contributed by atoms with Crippen LogP contribution in [0.2, 0.25) is 18.1 Å². The van der Waals surface area contributed by atoms with Gasteiger partial charge in [0, 0.05) is 12.1 Å². The number of aryl methyl sites for hydroxylation is 1. The van der Waals surface area contributed by atoms with E-state index >= 15 is 0 Å². The van der Waals surface area contributed by atoms with E-state index in [0.29, 0.717) is 0 Å². The largest absolute Gasteiger partial charge is 0.530 e. The first kappa shape index (κ1) is 17.0. The van der Waals surface area contributed by atoms with Gasteiger partial charge in [-0.3, -0.25) is 0 Å². The third-order valence-corrected chi connectivity index (χ3v) is 9.56. The summed E-state index contributed by atoms with van der Waals surface area (Å²) in [5.41, 5.74) is 7.75. The van der Waals surface area contributed by atoms with Crippen molar-refractivity contribution >= 4 is 25.3 Å². The summed E-state index contributed by atoms with van der Waals surface area (Å²) in [7, 11) is -1.84. The molecule has 0 radical (unpaired) electrons. The second-order valence-corrected chi connectivity index (χ2v) is 13.3. The fraction of sp³-hybridized carbons (Fsp3) is 0.471. The SMILES string of the molecule is Cc1sc(Cc2ccc(N)cc2)nc1O[Si](C)(C)C(C)(C)C. The highest BCUT2D eigenvalue weighted by molar-refractivity contribution is 7.11. The highest BCUT2D eigenvalue weighted by Crippen LogP contribution is 2.38. The molecular weight excluding hydrogens is 308 g/mol. The Kier molecular flexibility index (Phi) is 4.68. The standard InChI is InChI=1S/C17H26N2OSSi/c1-12-16(20-22(5,6)17(2,3)4)19-15(21-12)11-13-7-9-14(18)10-8-13/h7-10H,11,18H2,1-6H3. The van der Waals surface area contributed by atoms with Crippen molar-refractivity contribution in [2.24, 2.45) is 0 Å². The van der Waals surface area contributed by atoms with E-state index in [2.05, 4.69) is 52.9 Å². The first-order chi connectivity index (χ1) is 10.1. The average molecular weight is 335 g/mol. The Morgan fingerprint density at radius 1 is 1.18 bits per heavy atom. The van der Waals surface area contributed by atoms with Crippen LogP contribution in [-0.2, 0) is 6.42 Å². The summed E-state index contributed by atoms with van der Waals surface area (Å²) in [5, 5.41) is 1.27. The molecule has 0 unspecified atom stereocenters. The Labute approximate surface area is 138 Å². The predicted octanol–water partition coefficient (Wildman–Crippen LogP) is 5.01. The van der Waals surface area contributed by atoms with Gasteiger partial charge in [0.15, 0.2) is 0 Å². The fourth-order valence-electron chi connectivity index (χ4n) is 1.81. The minimum absolute atomic E-state index is 0.181. The van der Waals surface area contributed by atoms with Crippen molar-refractivity contribution in [3.05, 3.63) is 39.7 Å². The zero-order valence-corrected chi connectivity index (χ0v) is 16.2. The van der Waals surface area contributed by atoms with Gasteiger partial charge >= 0.3 is 0 Å². The number of hydrogen-bond acceptors (Lipinski definition) is 4. The third-order valence-electron chi connectivity index (χ3n) is 4.29. The lowest BCUT2D eigenvalue weighted by Crippen LogP contribution is -2.44. The van der Waals surface area contributed by atoms with E-state index < -0.39 is 8.32 Å². The first-order valence-electron chi connectivity index (χ1n) is 7.58. The van der Waals surface area contributed by atoms with E-state index in [1.807, 2.05) is 12.1 Å². The highest BCUT2D eigenvalue weighted by atomic mass is 32.1. The van der Waals surface area contributed by atoms with Crippen molar-refractivity contribution in [1.82, 2.24) is 4.98 Å². The number of thiazole rings is 1. The molecular formula is C17H26N2OSSi. The normalized spacial score (nSPS) is 12.5. The molecule has 0 aliphatic rings. The zero-order chi connectivity index (χ0) is 16.5. The van der Waals surface area contributed by atoms with Crippen molar-refractivity contribution in [2.75, 3.05) is 5.73 Å². The summed E-state index contributed by atoms with van der Waals surface area (Å²) in [6.07, 6.45) is 0.826. The fourth-order valence-corrected chi connectivity index (χ4v) is 3.77. The van der Waals surface area contributed by atoms with Gasteiger partial charge in [0.2, 0.25) is 5.88 Å². The van der Waals surface area contributed by atoms with Crippen LogP contribution in [0.4, 0.5) is 5.69 Å².